The first-order chi connectivity index (χ1) is 27.9. The minimum absolute atomic E-state index is 0.0547. The zero-order valence-electron chi connectivity index (χ0n) is 32.5. The third-order valence-electron chi connectivity index (χ3n) is 11.2. The predicted molar refractivity (Wildman–Crippen MR) is 231 cm³/mol. The number of esters is 1. The summed E-state index contributed by atoms with van der Waals surface area (Å²) in [5.41, 5.74) is 7.52. The average Bonchev–Trinajstić information content (AvgIpc) is 3.87. The standard InChI is InChI=1S/C47H42BrN5O5/c1-46(2,3)58-40(54)22-38(51-45(56)57-25-36-31-14-7-5-11-28(31)29-12-6-8-15-32(29)36)44(55)50-27-18-19-33-30-13-9-10-16-34(30)41-42(35(33)21-27)53-43(52-41)37-24-49-39-20-17-26(48)23-47(37,39)4/h5-21,24,36,38,49H,22-23,25H2,1-4H3,(H,50,55)(H,51,56)(H,52,53)/t38-,47?/m0/s1. The van der Waals surface area contributed by atoms with Crippen molar-refractivity contribution in [2.75, 3.05) is 11.9 Å². The molecule has 2 atom stereocenters. The van der Waals surface area contributed by atoms with E-state index in [-0.39, 0.29) is 17.9 Å². The number of fused-ring (bicyclic) bond motifs is 10. The maximum absolute atomic E-state index is 14.1. The van der Waals surface area contributed by atoms with Gasteiger partial charge in [0, 0.05) is 45.3 Å². The molecule has 0 spiro atoms. The molecule has 3 aliphatic rings. The molecule has 1 unspecified atom stereocenters. The Labute approximate surface area is 343 Å². The molecule has 2 aliphatic carbocycles. The van der Waals surface area contributed by atoms with Gasteiger partial charge in [0.1, 0.15) is 24.1 Å². The van der Waals surface area contributed by atoms with Crippen molar-refractivity contribution >= 4 is 77.7 Å². The zero-order chi connectivity index (χ0) is 40.3. The molecule has 1 aliphatic heterocycles. The highest BCUT2D eigenvalue weighted by atomic mass is 79.9. The molecule has 0 saturated heterocycles. The van der Waals surface area contributed by atoms with Gasteiger partial charge in [-0.3, -0.25) is 9.59 Å². The number of rotatable bonds is 8. The second kappa shape index (κ2) is 14.3. The van der Waals surface area contributed by atoms with E-state index in [0.29, 0.717) is 5.69 Å². The Morgan fingerprint density at radius 2 is 1.57 bits per heavy atom. The van der Waals surface area contributed by atoms with E-state index in [0.717, 1.165) is 82.8 Å². The fraction of sp³-hybridized carbons (Fsp3) is 0.234. The van der Waals surface area contributed by atoms with Crippen LogP contribution in [0.5, 0.6) is 0 Å². The van der Waals surface area contributed by atoms with Crippen molar-refractivity contribution in [1.29, 1.82) is 0 Å². The van der Waals surface area contributed by atoms with Crippen molar-refractivity contribution in [3.8, 4) is 11.1 Å². The largest absolute Gasteiger partial charge is 0.460 e. The molecule has 6 aromatic rings. The lowest BCUT2D eigenvalue weighted by Crippen LogP contribution is -2.46. The summed E-state index contributed by atoms with van der Waals surface area (Å²) in [4.78, 5) is 49.5. The molecule has 0 bridgehead atoms. The first-order valence-electron chi connectivity index (χ1n) is 19.4. The third kappa shape index (κ3) is 6.72. The lowest BCUT2D eigenvalue weighted by atomic mass is 9.76. The summed E-state index contributed by atoms with van der Waals surface area (Å²) in [6.07, 6.45) is 5.77. The van der Waals surface area contributed by atoms with E-state index in [1.54, 1.807) is 20.8 Å². The Balaban J connectivity index is 1.00. The van der Waals surface area contributed by atoms with Crippen molar-refractivity contribution in [2.24, 2.45) is 5.41 Å². The summed E-state index contributed by atoms with van der Waals surface area (Å²) >= 11 is 3.71. The number of carbonyl (C=O) groups excluding carboxylic acids is 3. The van der Waals surface area contributed by atoms with E-state index in [1.165, 1.54) is 0 Å². The van der Waals surface area contributed by atoms with Gasteiger partial charge in [-0.2, -0.15) is 0 Å². The number of ether oxygens (including phenoxy) is 2. The number of anilines is 1. The predicted octanol–water partition coefficient (Wildman–Crippen LogP) is 9.96. The Morgan fingerprint density at radius 1 is 0.897 bits per heavy atom. The number of aromatic nitrogens is 2. The van der Waals surface area contributed by atoms with Crippen LogP contribution < -0.4 is 16.0 Å². The highest BCUT2D eigenvalue weighted by molar-refractivity contribution is 9.11. The molecule has 292 valence electrons. The van der Waals surface area contributed by atoms with Gasteiger partial charge in [-0.25, -0.2) is 9.78 Å². The number of benzene rings is 5. The van der Waals surface area contributed by atoms with Gasteiger partial charge < -0.3 is 30.4 Å². The molecule has 58 heavy (non-hydrogen) atoms. The maximum Gasteiger partial charge on any atom is 0.407 e. The number of imidazole rings is 1. The molecule has 5 aromatic carbocycles. The van der Waals surface area contributed by atoms with E-state index in [1.807, 2.05) is 72.9 Å². The van der Waals surface area contributed by atoms with Crippen molar-refractivity contribution < 1.29 is 23.9 Å². The number of aromatic amines is 1. The van der Waals surface area contributed by atoms with Crippen LogP contribution in [0, 0.1) is 5.41 Å². The van der Waals surface area contributed by atoms with Crippen LogP contribution in [0.3, 0.4) is 0 Å². The monoisotopic (exact) mass is 835 g/mol. The van der Waals surface area contributed by atoms with Gasteiger partial charge in [0.25, 0.3) is 0 Å². The van der Waals surface area contributed by atoms with Crippen LogP contribution in [-0.2, 0) is 19.1 Å². The van der Waals surface area contributed by atoms with Gasteiger partial charge in [0.2, 0.25) is 5.91 Å². The fourth-order valence-corrected chi connectivity index (χ4v) is 9.28. The first kappa shape index (κ1) is 37.4. The molecule has 0 saturated carbocycles. The van der Waals surface area contributed by atoms with E-state index in [9.17, 15) is 14.4 Å². The Bertz CT molecular complexity index is 2750. The fourth-order valence-electron chi connectivity index (χ4n) is 8.59. The Morgan fingerprint density at radius 3 is 2.29 bits per heavy atom. The quantitative estimate of drug-likeness (QED) is 0.0886. The SMILES string of the molecule is CC(C)(C)OC(=O)C[C@H](NC(=O)OCC1c2ccccc2-c2ccccc21)C(=O)Nc1ccc2c3ccccc3c3nc(C4=CNC5=CC=C(Br)CC54C)[nH]c3c2c1. The minimum Gasteiger partial charge on any atom is -0.460 e. The third-order valence-corrected chi connectivity index (χ3v) is 11.8. The molecule has 2 heterocycles. The van der Waals surface area contributed by atoms with Crippen molar-refractivity contribution in [2.45, 2.75) is 58.1 Å². The van der Waals surface area contributed by atoms with E-state index < -0.39 is 36.0 Å². The number of halogens is 1. The number of hydrogen-bond donors (Lipinski definition) is 4. The summed E-state index contributed by atoms with van der Waals surface area (Å²) in [6.45, 7) is 7.51. The number of allylic oxidation sites excluding steroid dienone is 4. The maximum atomic E-state index is 14.1. The van der Waals surface area contributed by atoms with Crippen LogP contribution in [-0.4, -0.2) is 46.2 Å². The lowest BCUT2D eigenvalue weighted by Gasteiger charge is -2.30. The van der Waals surface area contributed by atoms with Crippen LogP contribution in [0.2, 0.25) is 0 Å². The lowest BCUT2D eigenvalue weighted by molar-refractivity contribution is -0.156. The first-order valence-corrected chi connectivity index (χ1v) is 20.2. The number of nitrogens with zero attached hydrogens (tertiary/aromatic N) is 1. The number of nitrogens with one attached hydrogen (secondary N) is 4. The van der Waals surface area contributed by atoms with E-state index >= 15 is 0 Å². The van der Waals surface area contributed by atoms with Gasteiger partial charge in [-0.1, -0.05) is 101 Å². The van der Waals surface area contributed by atoms with Crippen LogP contribution in [0.15, 0.2) is 120 Å². The van der Waals surface area contributed by atoms with Crippen LogP contribution in [0.1, 0.15) is 63.4 Å². The molecule has 1 aromatic heterocycles. The molecule has 0 fully saturated rings. The van der Waals surface area contributed by atoms with Gasteiger partial charge in [0.05, 0.1) is 17.5 Å². The van der Waals surface area contributed by atoms with Gasteiger partial charge in [0.15, 0.2) is 0 Å². The minimum atomic E-state index is -1.29. The zero-order valence-corrected chi connectivity index (χ0v) is 34.1. The van der Waals surface area contributed by atoms with Crippen molar-refractivity contribution in [1.82, 2.24) is 20.6 Å². The van der Waals surface area contributed by atoms with E-state index in [4.69, 9.17) is 14.5 Å². The van der Waals surface area contributed by atoms with Gasteiger partial charge in [-0.05, 0) is 89.8 Å². The average molecular weight is 837 g/mol. The Hall–Kier alpha value is -6.20. The topological polar surface area (TPSA) is 134 Å². The number of alkyl carbamates (subject to hydrolysis) is 1. The molecular weight excluding hydrogens is 794 g/mol. The van der Waals surface area contributed by atoms with Crippen molar-refractivity contribution in [3.05, 3.63) is 136 Å². The molecule has 9 rings (SSSR count). The van der Waals surface area contributed by atoms with Crippen LogP contribution in [0.25, 0.3) is 49.3 Å². The molecule has 0 radical (unpaired) electrons. The molecule has 10 nitrogen and oxygen atoms in total. The normalized spacial score (nSPS) is 17.7. The number of amides is 2. The smallest absolute Gasteiger partial charge is 0.407 e. The number of hydrogen-bond acceptors (Lipinski definition) is 7. The summed E-state index contributed by atoms with van der Waals surface area (Å²) < 4.78 is 12.5. The molecule has 2 amide bonds. The van der Waals surface area contributed by atoms with E-state index in [2.05, 4.69) is 80.2 Å². The number of carbonyl (C=O) groups is 3. The summed E-state index contributed by atoms with van der Waals surface area (Å²) in [5, 5.41) is 12.9. The van der Waals surface area contributed by atoms with Crippen LogP contribution in [0.4, 0.5) is 10.5 Å². The van der Waals surface area contributed by atoms with Gasteiger partial charge >= 0.3 is 12.1 Å². The van der Waals surface area contributed by atoms with Crippen molar-refractivity contribution in [3.63, 3.8) is 0 Å². The Kier molecular flexibility index (Phi) is 9.23. The summed E-state index contributed by atoms with van der Waals surface area (Å²) in [7, 11) is 0. The summed E-state index contributed by atoms with van der Waals surface area (Å²) in [5.74, 6) is -0.640. The van der Waals surface area contributed by atoms with Gasteiger partial charge in [-0.15, -0.1) is 0 Å². The molecular formula is C47H42BrN5O5. The second-order valence-corrected chi connectivity index (χ2v) is 17.3. The number of H-pyrrole nitrogens is 1. The second-order valence-electron chi connectivity index (χ2n) is 16.3. The highest BCUT2D eigenvalue weighted by Gasteiger charge is 2.41. The summed E-state index contributed by atoms with van der Waals surface area (Å²) in [6, 6.07) is 28.7. The van der Waals surface area contributed by atoms with Crippen LogP contribution >= 0.6 is 15.9 Å². The highest BCUT2D eigenvalue weighted by Crippen LogP contribution is 2.51. The molecule has 11 heteroatoms. The molecule has 4 N–H and O–H groups in total.